The minimum atomic E-state index is -4.77. The van der Waals surface area contributed by atoms with Crippen molar-refractivity contribution >= 4 is 38.5 Å². The summed E-state index contributed by atoms with van der Waals surface area (Å²) < 4.78 is 40.4. The first kappa shape index (κ1) is 14.0. The van der Waals surface area contributed by atoms with Gasteiger partial charge in [-0.25, -0.2) is 4.98 Å². The van der Waals surface area contributed by atoms with Crippen LogP contribution in [0.15, 0.2) is 6.20 Å². The van der Waals surface area contributed by atoms with Crippen LogP contribution in [0.25, 0.3) is 0 Å². The number of hydrogen-bond acceptors (Lipinski definition) is 3. The van der Waals surface area contributed by atoms with Crippen molar-refractivity contribution in [3.63, 3.8) is 0 Å². The van der Waals surface area contributed by atoms with Crippen molar-refractivity contribution in [1.29, 1.82) is 0 Å². The number of aliphatic hydroxyl groups is 1. The topological polar surface area (TPSA) is 42.4 Å². The van der Waals surface area contributed by atoms with E-state index in [0.29, 0.717) is 9.13 Å². The fraction of sp³-hybridized carbons (Fsp3) is 0.375. The maximum absolute atomic E-state index is 12.0. The minimum absolute atomic E-state index is 0.164. The zero-order chi connectivity index (χ0) is 12.3. The molecule has 1 rings (SSSR count). The van der Waals surface area contributed by atoms with Crippen LogP contribution < -0.4 is 4.74 Å². The number of halogens is 5. The summed E-state index contributed by atoms with van der Waals surface area (Å²) in [4.78, 5) is 3.53. The van der Waals surface area contributed by atoms with Gasteiger partial charge in [0.15, 0.2) is 0 Å². The second-order valence-electron chi connectivity index (χ2n) is 2.72. The molecule has 0 saturated carbocycles. The molecular weight excluding hydrogens is 406 g/mol. The van der Waals surface area contributed by atoms with Gasteiger partial charge in [0.2, 0.25) is 5.88 Å². The summed E-state index contributed by atoms with van der Waals surface area (Å²) in [6.45, 7) is -0.280. The molecule has 0 aliphatic rings. The van der Waals surface area contributed by atoms with Crippen molar-refractivity contribution in [2.24, 2.45) is 0 Å². The molecule has 0 fully saturated rings. The predicted molar refractivity (Wildman–Crippen MR) is 62.2 cm³/mol. The largest absolute Gasteiger partial charge is 0.574 e. The Labute approximate surface area is 111 Å². The van der Waals surface area contributed by atoms with Gasteiger partial charge >= 0.3 is 6.36 Å². The third kappa shape index (κ3) is 3.45. The fourth-order valence-electron chi connectivity index (χ4n) is 0.982. The molecule has 0 unspecified atom stereocenters. The van der Waals surface area contributed by atoms with Gasteiger partial charge in [-0.05, 0) is 22.6 Å². The van der Waals surface area contributed by atoms with E-state index >= 15 is 0 Å². The number of alkyl halides is 4. The summed E-state index contributed by atoms with van der Waals surface area (Å²) in [6.07, 6.45) is -3.61. The Morgan fingerprint density at radius 1 is 1.50 bits per heavy atom. The molecule has 0 amide bonds. The van der Waals surface area contributed by atoms with Crippen molar-refractivity contribution in [1.82, 2.24) is 4.98 Å². The SMILES string of the molecule is OCc1cnc(OC(F)(F)F)c(CBr)c1I. The third-order valence-electron chi connectivity index (χ3n) is 1.66. The molecule has 0 radical (unpaired) electrons. The first-order valence-electron chi connectivity index (χ1n) is 3.98. The lowest BCUT2D eigenvalue weighted by molar-refractivity contribution is -0.276. The molecule has 0 aromatic carbocycles. The molecule has 0 spiro atoms. The summed E-state index contributed by atoms with van der Waals surface area (Å²) in [5, 5.41) is 9.10. The summed E-state index contributed by atoms with van der Waals surface area (Å²) in [5.74, 6) is -0.494. The van der Waals surface area contributed by atoms with Crippen LogP contribution in [0, 0.1) is 3.57 Å². The molecule has 8 heteroatoms. The molecule has 0 atom stereocenters. The van der Waals surface area contributed by atoms with E-state index in [9.17, 15) is 13.2 Å². The number of ether oxygens (including phenoxy) is 1. The highest BCUT2D eigenvalue weighted by Crippen LogP contribution is 2.30. The van der Waals surface area contributed by atoms with E-state index in [1.807, 2.05) is 22.6 Å². The van der Waals surface area contributed by atoms with Crippen molar-refractivity contribution in [2.45, 2.75) is 18.3 Å². The number of hydrogen-bond donors (Lipinski definition) is 1. The Bertz CT molecular complexity index is 386. The maximum atomic E-state index is 12.0. The van der Waals surface area contributed by atoms with E-state index < -0.39 is 12.2 Å². The van der Waals surface area contributed by atoms with Gasteiger partial charge < -0.3 is 9.84 Å². The Morgan fingerprint density at radius 3 is 2.56 bits per heavy atom. The van der Waals surface area contributed by atoms with Crippen molar-refractivity contribution in [3.8, 4) is 5.88 Å². The predicted octanol–water partition coefficient (Wildman–Crippen LogP) is 2.97. The van der Waals surface area contributed by atoms with Gasteiger partial charge in [0.1, 0.15) is 0 Å². The summed E-state index contributed by atoms with van der Waals surface area (Å²) in [6, 6.07) is 0. The molecule has 16 heavy (non-hydrogen) atoms. The van der Waals surface area contributed by atoms with E-state index in [1.165, 1.54) is 0 Å². The fourth-order valence-corrected chi connectivity index (χ4v) is 2.76. The average molecular weight is 412 g/mol. The molecular formula is C8H6BrF3INO2. The van der Waals surface area contributed by atoms with Crippen molar-refractivity contribution in [2.75, 3.05) is 0 Å². The van der Waals surface area contributed by atoms with Crippen LogP contribution >= 0.6 is 38.5 Å². The Morgan fingerprint density at radius 2 is 2.12 bits per heavy atom. The van der Waals surface area contributed by atoms with Crippen molar-refractivity contribution in [3.05, 3.63) is 20.9 Å². The highest BCUT2D eigenvalue weighted by molar-refractivity contribution is 14.1. The van der Waals surface area contributed by atoms with Gasteiger partial charge in [-0.2, -0.15) is 0 Å². The van der Waals surface area contributed by atoms with E-state index in [0.717, 1.165) is 6.20 Å². The zero-order valence-electron chi connectivity index (χ0n) is 7.68. The molecule has 1 heterocycles. The quantitative estimate of drug-likeness (QED) is 0.614. The first-order chi connectivity index (χ1) is 7.39. The van der Waals surface area contributed by atoms with E-state index in [1.54, 1.807) is 0 Å². The maximum Gasteiger partial charge on any atom is 0.574 e. The van der Waals surface area contributed by atoms with E-state index in [-0.39, 0.29) is 17.5 Å². The lowest BCUT2D eigenvalue weighted by atomic mass is 10.2. The highest BCUT2D eigenvalue weighted by Gasteiger charge is 2.33. The first-order valence-corrected chi connectivity index (χ1v) is 6.18. The van der Waals surface area contributed by atoms with Gasteiger partial charge in [0.05, 0.1) is 6.61 Å². The Hall–Kier alpha value is -0.0900. The Kier molecular flexibility index (Phi) is 4.80. The molecule has 1 aromatic heterocycles. The van der Waals surface area contributed by atoms with Gasteiger partial charge in [0, 0.05) is 26.2 Å². The van der Waals surface area contributed by atoms with E-state index in [4.69, 9.17) is 5.11 Å². The smallest absolute Gasteiger partial charge is 0.392 e. The van der Waals surface area contributed by atoms with Crippen LogP contribution in [-0.4, -0.2) is 16.5 Å². The van der Waals surface area contributed by atoms with Gasteiger partial charge in [-0.3, -0.25) is 0 Å². The summed E-state index contributed by atoms with van der Waals surface area (Å²) >= 11 is 4.90. The van der Waals surface area contributed by atoms with Crippen molar-refractivity contribution < 1.29 is 23.0 Å². The molecule has 0 aliphatic carbocycles. The van der Waals surface area contributed by atoms with Gasteiger partial charge in [-0.15, -0.1) is 13.2 Å². The number of nitrogens with zero attached hydrogens (tertiary/aromatic N) is 1. The van der Waals surface area contributed by atoms with Crippen LogP contribution in [-0.2, 0) is 11.9 Å². The van der Waals surface area contributed by atoms with Crippen LogP contribution in [0.3, 0.4) is 0 Å². The monoisotopic (exact) mass is 411 g/mol. The molecule has 3 nitrogen and oxygen atoms in total. The third-order valence-corrected chi connectivity index (χ3v) is 3.56. The van der Waals surface area contributed by atoms with Gasteiger partial charge in [-0.1, -0.05) is 15.9 Å². The van der Waals surface area contributed by atoms with Crippen LogP contribution in [0.5, 0.6) is 5.88 Å². The second kappa shape index (κ2) is 5.50. The number of pyridine rings is 1. The Balaban J connectivity index is 3.16. The minimum Gasteiger partial charge on any atom is -0.392 e. The van der Waals surface area contributed by atoms with Gasteiger partial charge in [0.25, 0.3) is 0 Å². The lowest BCUT2D eigenvalue weighted by Gasteiger charge is -2.13. The lowest BCUT2D eigenvalue weighted by Crippen LogP contribution is -2.19. The highest BCUT2D eigenvalue weighted by atomic mass is 127. The number of aromatic nitrogens is 1. The standard InChI is InChI=1S/C8H6BrF3INO2/c9-1-5-6(13)4(3-15)2-14-7(5)16-8(10,11)12/h2,15H,1,3H2. The molecule has 90 valence electrons. The zero-order valence-corrected chi connectivity index (χ0v) is 11.4. The second-order valence-corrected chi connectivity index (χ2v) is 4.36. The number of rotatable bonds is 3. The molecule has 0 aliphatic heterocycles. The molecule has 0 saturated heterocycles. The summed E-state index contributed by atoms with van der Waals surface area (Å²) in [7, 11) is 0. The summed E-state index contributed by atoms with van der Waals surface area (Å²) in [5.41, 5.74) is 0.731. The van der Waals surface area contributed by atoms with E-state index in [2.05, 4.69) is 25.7 Å². The average Bonchev–Trinajstić information content (AvgIpc) is 2.16. The molecule has 1 N–H and O–H groups in total. The molecule has 0 bridgehead atoms. The normalized spacial score (nSPS) is 11.6. The van der Waals surface area contributed by atoms with Crippen LogP contribution in [0.4, 0.5) is 13.2 Å². The molecule has 1 aromatic rings. The number of aliphatic hydroxyl groups excluding tert-OH is 1. The van der Waals surface area contributed by atoms with Crippen LogP contribution in [0.1, 0.15) is 11.1 Å². The van der Waals surface area contributed by atoms with Crippen LogP contribution in [0.2, 0.25) is 0 Å².